The molecule has 0 N–H and O–H groups in total. The summed E-state index contributed by atoms with van der Waals surface area (Å²) in [7, 11) is 1.65. The van der Waals surface area contributed by atoms with Gasteiger partial charge in [-0.1, -0.05) is 18.6 Å². The van der Waals surface area contributed by atoms with Crippen LogP contribution in [0.3, 0.4) is 0 Å². The zero-order valence-corrected chi connectivity index (χ0v) is 17.0. The summed E-state index contributed by atoms with van der Waals surface area (Å²) in [5.41, 5.74) is 0.834. The van der Waals surface area contributed by atoms with Gasteiger partial charge in [0.1, 0.15) is 5.75 Å². The number of carbonyl (C=O) groups excluding carboxylic acids is 2. The maximum absolute atomic E-state index is 13.2. The van der Waals surface area contributed by atoms with Gasteiger partial charge in [0, 0.05) is 32.6 Å². The molecule has 2 heterocycles. The predicted molar refractivity (Wildman–Crippen MR) is 108 cm³/mol. The Morgan fingerprint density at radius 3 is 2.61 bits per heavy atom. The van der Waals surface area contributed by atoms with E-state index in [0.717, 1.165) is 56.6 Å². The number of hydrogen-bond donors (Lipinski definition) is 0. The topological polar surface area (TPSA) is 49.9 Å². The van der Waals surface area contributed by atoms with Crippen molar-refractivity contribution in [2.45, 2.75) is 51.4 Å². The molecule has 1 unspecified atom stereocenters. The van der Waals surface area contributed by atoms with Crippen molar-refractivity contribution in [3.05, 3.63) is 29.8 Å². The normalized spacial score (nSPS) is 25.2. The number of rotatable bonds is 6. The summed E-state index contributed by atoms with van der Waals surface area (Å²) < 4.78 is 5.18. The van der Waals surface area contributed by atoms with E-state index in [1.165, 1.54) is 19.3 Å². The molecule has 152 valence electrons. The summed E-state index contributed by atoms with van der Waals surface area (Å²) in [6.45, 7) is 3.19. The van der Waals surface area contributed by atoms with Crippen molar-refractivity contribution in [1.82, 2.24) is 9.80 Å². The Morgan fingerprint density at radius 1 is 1.14 bits per heavy atom. The van der Waals surface area contributed by atoms with E-state index >= 15 is 0 Å². The van der Waals surface area contributed by atoms with Crippen LogP contribution in [0.1, 0.15) is 50.5 Å². The molecule has 3 aliphatic rings. The SMILES string of the molecule is COc1ccc(CCC(=O)N2CCC3(CCCN(CC4CCC4)C3=O)C2)cc1. The molecule has 1 aromatic carbocycles. The first-order chi connectivity index (χ1) is 13.6. The van der Waals surface area contributed by atoms with Crippen LogP contribution >= 0.6 is 0 Å². The van der Waals surface area contributed by atoms with Crippen LogP contribution < -0.4 is 4.74 Å². The molecule has 5 heteroatoms. The second-order valence-corrected chi connectivity index (χ2v) is 8.85. The number of ether oxygens (including phenoxy) is 1. The van der Waals surface area contributed by atoms with Gasteiger partial charge in [0.15, 0.2) is 0 Å². The molecule has 4 rings (SSSR count). The van der Waals surface area contributed by atoms with E-state index in [4.69, 9.17) is 4.74 Å². The number of aryl methyl sites for hydroxylation is 1. The Morgan fingerprint density at radius 2 is 1.93 bits per heavy atom. The number of nitrogens with zero attached hydrogens (tertiary/aromatic N) is 2. The summed E-state index contributed by atoms with van der Waals surface area (Å²) >= 11 is 0. The van der Waals surface area contributed by atoms with Gasteiger partial charge in [-0.05, 0) is 62.1 Å². The lowest BCUT2D eigenvalue weighted by Crippen LogP contribution is -2.52. The third-order valence-corrected chi connectivity index (χ3v) is 7.02. The average molecular weight is 385 g/mol. The van der Waals surface area contributed by atoms with E-state index in [-0.39, 0.29) is 11.3 Å². The minimum atomic E-state index is -0.308. The second-order valence-electron chi connectivity index (χ2n) is 8.85. The van der Waals surface area contributed by atoms with Crippen LogP contribution in [-0.4, -0.2) is 54.9 Å². The van der Waals surface area contributed by atoms with E-state index in [9.17, 15) is 9.59 Å². The van der Waals surface area contributed by atoms with Crippen molar-refractivity contribution in [2.24, 2.45) is 11.3 Å². The van der Waals surface area contributed by atoms with Crippen LogP contribution in [0.4, 0.5) is 0 Å². The van der Waals surface area contributed by atoms with Crippen molar-refractivity contribution in [2.75, 3.05) is 33.3 Å². The van der Waals surface area contributed by atoms with Crippen molar-refractivity contribution in [3.63, 3.8) is 0 Å². The molecule has 0 bridgehead atoms. The van der Waals surface area contributed by atoms with Crippen LogP contribution in [0.2, 0.25) is 0 Å². The van der Waals surface area contributed by atoms with Gasteiger partial charge >= 0.3 is 0 Å². The fraction of sp³-hybridized carbons (Fsp3) is 0.652. The summed E-state index contributed by atoms with van der Waals surface area (Å²) in [4.78, 5) is 30.0. The highest BCUT2D eigenvalue weighted by Crippen LogP contribution is 2.41. The van der Waals surface area contributed by atoms with Gasteiger partial charge in [-0.25, -0.2) is 0 Å². The Labute approximate surface area is 168 Å². The molecule has 2 aliphatic heterocycles. The number of carbonyl (C=O) groups is 2. The van der Waals surface area contributed by atoms with Gasteiger partial charge in [-0.3, -0.25) is 9.59 Å². The van der Waals surface area contributed by atoms with E-state index < -0.39 is 0 Å². The molecule has 1 saturated carbocycles. The first kappa shape index (κ1) is 19.3. The van der Waals surface area contributed by atoms with E-state index in [1.54, 1.807) is 7.11 Å². The lowest BCUT2D eigenvalue weighted by molar-refractivity contribution is -0.147. The third kappa shape index (κ3) is 3.89. The highest BCUT2D eigenvalue weighted by atomic mass is 16.5. The monoisotopic (exact) mass is 384 g/mol. The lowest BCUT2D eigenvalue weighted by Gasteiger charge is -2.42. The summed E-state index contributed by atoms with van der Waals surface area (Å²) in [6.07, 6.45) is 7.94. The summed E-state index contributed by atoms with van der Waals surface area (Å²) in [5.74, 6) is 2.04. The van der Waals surface area contributed by atoms with Gasteiger partial charge in [-0.2, -0.15) is 0 Å². The predicted octanol–water partition coefficient (Wildman–Crippen LogP) is 3.27. The molecule has 1 spiro atoms. The minimum Gasteiger partial charge on any atom is -0.497 e. The van der Waals surface area contributed by atoms with E-state index in [2.05, 4.69) is 4.90 Å². The number of hydrogen-bond acceptors (Lipinski definition) is 3. The van der Waals surface area contributed by atoms with Crippen molar-refractivity contribution in [3.8, 4) is 5.75 Å². The van der Waals surface area contributed by atoms with E-state index in [1.807, 2.05) is 29.2 Å². The highest BCUT2D eigenvalue weighted by Gasteiger charge is 2.49. The maximum atomic E-state index is 13.2. The van der Waals surface area contributed by atoms with Gasteiger partial charge in [0.05, 0.1) is 12.5 Å². The molecule has 3 fully saturated rings. The minimum absolute atomic E-state index is 0.177. The van der Waals surface area contributed by atoms with Gasteiger partial charge in [0.25, 0.3) is 0 Å². The van der Waals surface area contributed by atoms with Crippen LogP contribution in [0.25, 0.3) is 0 Å². The Balaban J connectivity index is 1.31. The van der Waals surface area contributed by atoms with Crippen LogP contribution in [-0.2, 0) is 16.0 Å². The molecular weight excluding hydrogens is 352 g/mol. The largest absolute Gasteiger partial charge is 0.497 e. The molecule has 1 aromatic rings. The molecule has 2 saturated heterocycles. The quantitative estimate of drug-likeness (QED) is 0.756. The van der Waals surface area contributed by atoms with Gasteiger partial charge in [-0.15, -0.1) is 0 Å². The molecule has 0 radical (unpaired) electrons. The van der Waals surface area contributed by atoms with Gasteiger partial charge in [0.2, 0.25) is 11.8 Å². The fourth-order valence-corrected chi connectivity index (χ4v) is 4.98. The zero-order chi connectivity index (χ0) is 19.6. The van der Waals surface area contributed by atoms with Crippen molar-refractivity contribution < 1.29 is 14.3 Å². The second kappa shape index (κ2) is 8.14. The number of methoxy groups -OCH3 is 1. The zero-order valence-electron chi connectivity index (χ0n) is 17.0. The van der Waals surface area contributed by atoms with Crippen LogP contribution in [0.5, 0.6) is 5.75 Å². The molecule has 1 aliphatic carbocycles. The van der Waals surface area contributed by atoms with Crippen LogP contribution in [0, 0.1) is 11.3 Å². The van der Waals surface area contributed by atoms with Crippen molar-refractivity contribution in [1.29, 1.82) is 0 Å². The average Bonchev–Trinajstić information content (AvgIpc) is 3.11. The standard InChI is InChI=1S/C23H32N2O3/c1-28-20-9-6-18(7-10-20)8-11-21(26)25-15-13-23(17-25)12-3-14-24(22(23)27)16-19-4-2-5-19/h6-7,9-10,19H,2-5,8,11-17H2,1H3. The molecule has 2 amide bonds. The fourth-order valence-electron chi connectivity index (χ4n) is 4.98. The molecule has 1 atom stereocenters. The summed E-state index contributed by atoms with van der Waals surface area (Å²) in [5, 5.41) is 0. The first-order valence-corrected chi connectivity index (χ1v) is 10.8. The number of benzene rings is 1. The summed E-state index contributed by atoms with van der Waals surface area (Å²) in [6, 6.07) is 7.89. The molecular formula is C23H32N2O3. The maximum Gasteiger partial charge on any atom is 0.230 e. The smallest absolute Gasteiger partial charge is 0.230 e. The first-order valence-electron chi connectivity index (χ1n) is 10.8. The third-order valence-electron chi connectivity index (χ3n) is 7.02. The lowest BCUT2D eigenvalue weighted by atomic mass is 9.77. The Hall–Kier alpha value is -2.04. The number of likely N-dealkylation sites (tertiary alicyclic amines) is 2. The van der Waals surface area contributed by atoms with Gasteiger partial charge < -0.3 is 14.5 Å². The molecule has 0 aromatic heterocycles. The number of amides is 2. The van der Waals surface area contributed by atoms with Crippen LogP contribution in [0.15, 0.2) is 24.3 Å². The molecule has 28 heavy (non-hydrogen) atoms. The molecule has 5 nitrogen and oxygen atoms in total. The van der Waals surface area contributed by atoms with E-state index in [0.29, 0.717) is 24.8 Å². The Bertz CT molecular complexity index is 713. The number of piperidine rings is 1. The van der Waals surface area contributed by atoms with Crippen molar-refractivity contribution >= 4 is 11.8 Å². The highest BCUT2D eigenvalue weighted by molar-refractivity contribution is 5.86. The Kier molecular flexibility index (Phi) is 5.61.